The first-order chi connectivity index (χ1) is 6.34. The maximum absolute atomic E-state index is 9.85. The van der Waals surface area contributed by atoms with Gasteiger partial charge in [-0.1, -0.05) is 44.9 Å². The molecule has 76 valence electrons. The monoisotopic (exact) mass is 182 g/mol. The van der Waals surface area contributed by atoms with Gasteiger partial charge in [0.15, 0.2) is 0 Å². The van der Waals surface area contributed by atoms with Gasteiger partial charge in [0.05, 0.1) is 6.10 Å². The number of aliphatic hydroxyl groups excluding tert-OH is 1. The van der Waals surface area contributed by atoms with E-state index in [9.17, 15) is 5.11 Å². The molecule has 0 radical (unpaired) electrons. The van der Waals surface area contributed by atoms with E-state index >= 15 is 0 Å². The van der Waals surface area contributed by atoms with Crippen molar-refractivity contribution in [2.75, 3.05) is 0 Å². The number of aliphatic hydroxyl groups is 1. The molecule has 0 amide bonds. The van der Waals surface area contributed by atoms with Gasteiger partial charge in [-0.05, 0) is 24.7 Å². The van der Waals surface area contributed by atoms with Gasteiger partial charge >= 0.3 is 0 Å². The van der Waals surface area contributed by atoms with Crippen LogP contribution in [0.2, 0.25) is 0 Å². The van der Waals surface area contributed by atoms with Gasteiger partial charge in [-0.15, -0.1) is 0 Å². The second-order valence-electron chi connectivity index (χ2n) is 5.07. The summed E-state index contributed by atoms with van der Waals surface area (Å²) in [7, 11) is 0. The zero-order valence-corrected chi connectivity index (χ0v) is 8.54. The second-order valence-corrected chi connectivity index (χ2v) is 5.07. The third-order valence-electron chi connectivity index (χ3n) is 3.91. The third kappa shape index (κ3) is 2.70. The van der Waals surface area contributed by atoms with Gasteiger partial charge in [0.1, 0.15) is 0 Å². The Morgan fingerprint density at radius 2 is 1.31 bits per heavy atom. The number of rotatable bonds is 4. The van der Waals surface area contributed by atoms with Crippen LogP contribution in [0.15, 0.2) is 0 Å². The SMILES string of the molecule is OC(CC1CCCC1)CC1CCC1. The molecule has 13 heavy (non-hydrogen) atoms. The quantitative estimate of drug-likeness (QED) is 0.708. The topological polar surface area (TPSA) is 20.2 Å². The van der Waals surface area contributed by atoms with E-state index in [0.29, 0.717) is 0 Å². The van der Waals surface area contributed by atoms with Crippen LogP contribution in [0.4, 0.5) is 0 Å². The molecular formula is C12H22O. The Kier molecular flexibility index (Phi) is 3.26. The summed E-state index contributed by atoms with van der Waals surface area (Å²) in [6.07, 6.45) is 11.9. The fraction of sp³-hybridized carbons (Fsp3) is 1.00. The van der Waals surface area contributed by atoms with E-state index in [1.165, 1.54) is 44.9 Å². The van der Waals surface area contributed by atoms with Gasteiger partial charge in [0.25, 0.3) is 0 Å². The molecule has 0 aromatic carbocycles. The molecule has 2 aliphatic rings. The summed E-state index contributed by atoms with van der Waals surface area (Å²) in [4.78, 5) is 0. The molecule has 0 heterocycles. The van der Waals surface area contributed by atoms with Crippen LogP contribution in [0.3, 0.4) is 0 Å². The lowest BCUT2D eigenvalue weighted by molar-refractivity contribution is 0.0948. The van der Waals surface area contributed by atoms with Gasteiger partial charge in [0, 0.05) is 0 Å². The Hall–Kier alpha value is -0.0400. The maximum Gasteiger partial charge on any atom is 0.0545 e. The van der Waals surface area contributed by atoms with Crippen LogP contribution in [-0.2, 0) is 0 Å². The molecule has 0 aromatic heterocycles. The highest BCUT2D eigenvalue weighted by molar-refractivity contribution is 4.76. The average Bonchev–Trinajstić information content (AvgIpc) is 2.49. The largest absolute Gasteiger partial charge is 0.393 e. The van der Waals surface area contributed by atoms with E-state index in [4.69, 9.17) is 0 Å². The lowest BCUT2D eigenvalue weighted by Gasteiger charge is -2.28. The van der Waals surface area contributed by atoms with Gasteiger partial charge in [0.2, 0.25) is 0 Å². The highest BCUT2D eigenvalue weighted by atomic mass is 16.3. The molecule has 0 saturated heterocycles. The highest BCUT2D eigenvalue weighted by Crippen LogP contribution is 2.34. The van der Waals surface area contributed by atoms with Crippen LogP contribution < -0.4 is 0 Å². The van der Waals surface area contributed by atoms with Crippen molar-refractivity contribution in [1.29, 1.82) is 0 Å². The lowest BCUT2D eigenvalue weighted by Crippen LogP contribution is -2.21. The Balaban J connectivity index is 1.61. The molecule has 2 saturated carbocycles. The molecule has 1 nitrogen and oxygen atoms in total. The summed E-state index contributed by atoms with van der Waals surface area (Å²) in [5.74, 6) is 1.73. The van der Waals surface area contributed by atoms with E-state index in [0.717, 1.165) is 24.7 Å². The van der Waals surface area contributed by atoms with Crippen molar-refractivity contribution in [3.8, 4) is 0 Å². The molecule has 1 heteroatoms. The van der Waals surface area contributed by atoms with Crippen molar-refractivity contribution in [2.45, 2.75) is 63.9 Å². The summed E-state index contributed by atoms with van der Waals surface area (Å²) >= 11 is 0. The third-order valence-corrected chi connectivity index (χ3v) is 3.91. The normalized spacial score (nSPS) is 27.5. The minimum Gasteiger partial charge on any atom is -0.393 e. The molecule has 1 unspecified atom stereocenters. The smallest absolute Gasteiger partial charge is 0.0545 e. The molecule has 2 rings (SSSR count). The van der Waals surface area contributed by atoms with E-state index in [-0.39, 0.29) is 6.10 Å². The first-order valence-electron chi connectivity index (χ1n) is 6.02. The van der Waals surface area contributed by atoms with Crippen molar-refractivity contribution in [2.24, 2.45) is 11.8 Å². The van der Waals surface area contributed by atoms with E-state index in [1.54, 1.807) is 0 Å². The van der Waals surface area contributed by atoms with Gasteiger partial charge in [-0.3, -0.25) is 0 Å². The fourth-order valence-corrected chi connectivity index (χ4v) is 2.84. The van der Waals surface area contributed by atoms with Crippen molar-refractivity contribution in [3.05, 3.63) is 0 Å². The van der Waals surface area contributed by atoms with Crippen molar-refractivity contribution >= 4 is 0 Å². The van der Waals surface area contributed by atoms with Crippen LogP contribution in [0.1, 0.15) is 57.8 Å². The predicted octanol–water partition coefficient (Wildman–Crippen LogP) is 3.12. The molecule has 1 N–H and O–H groups in total. The van der Waals surface area contributed by atoms with Crippen LogP contribution >= 0.6 is 0 Å². The molecule has 1 atom stereocenters. The van der Waals surface area contributed by atoms with Crippen LogP contribution in [-0.4, -0.2) is 11.2 Å². The lowest BCUT2D eigenvalue weighted by atomic mass is 9.80. The standard InChI is InChI=1S/C12H22O/c13-12(9-11-6-3-7-11)8-10-4-1-2-5-10/h10-13H,1-9H2. The predicted molar refractivity (Wildman–Crippen MR) is 54.5 cm³/mol. The van der Waals surface area contributed by atoms with Crippen molar-refractivity contribution in [3.63, 3.8) is 0 Å². The van der Waals surface area contributed by atoms with E-state index in [2.05, 4.69) is 0 Å². The number of hydrogen-bond donors (Lipinski definition) is 1. The van der Waals surface area contributed by atoms with Crippen molar-refractivity contribution < 1.29 is 5.11 Å². The minimum absolute atomic E-state index is 0.0217. The Morgan fingerprint density at radius 1 is 0.846 bits per heavy atom. The molecular weight excluding hydrogens is 160 g/mol. The average molecular weight is 182 g/mol. The van der Waals surface area contributed by atoms with E-state index < -0.39 is 0 Å². The van der Waals surface area contributed by atoms with E-state index in [1.807, 2.05) is 0 Å². The van der Waals surface area contributed by atoms with Crippen molar-refractivity contribution in [1.82, 2.24) is 0 Å². The molecule has 0 aliphatic heterocycles. The van der Waals surface area contributed by atoms with Crippen LogP contribution in [0.25, 0.3) is 0 Å². The summed E-state index contributed by atoms with van der Waals surface area (Å²) in [5.41, 5.74) is 0. The first kappa shape index (κ1) is 9.51. The van der Waals surface area contributed by atoms with Crippen LogP contribution in [0, 0.1) is 11.8 Å². The van der Waals surface area contributed by atoms with Crippen LogP contribution in [0.5, 0.6) is 0 Å². The maximum atomic E-state index is 9.85. The highest BCUT2D eigenvalue weighted by Gasteiger charge is 2.24. The number of hydrogen-bond acceptors (Lipinski definition) is 1. The first-order valence-corrected chi connectivity index (χ1v) is 6.02. The molecule has 2 fully saturated rings. The molecule has 0 bridgehead atoms. The summed E-state index contributed by atoms with van der Waals surface area (Å²) in [5, 5.41) is 9.85. The summed E-state index contributed by atoms with van der Waals surface area (Å²) < 4.78 is 0. The molecule has 2 aliphatic carbocycles. The van der Waals surface area contributed by atoms with Gasteiger partial charge in [-0.25, -0.2) is 0 Å². The Labute approximate surface area is 81.5 Å². The Bertz CT molecular complexity index is 145. The molecule has 0 aromatic rings. The zero-order valence-electron chi connectivity index (χ0n) is 8.54. The summed E-state index contributed by atoms with van der Waals surface area (Å²) in [6, 6.07) is 0. The fourth-order valence-electron chi connectivity index (χ4n) is 2.84. The summed E-state index contributed by atoms with van der Waals surface area (Å²) in [6.45, 7) is 0. The molecule has 0 spiro atoms. The van der Waals surface area contributed by atoms with Gasteiger partial charge < -0.3 is 5.11 Å². The second kappa shape index (κ2) is 4.45. The minimum atomic E-state index is 0.0217. The van der Waals surface area contributed by atoms with Gasteiger partial charge in [-0.2, -0.15) is 0 Å². The Morgan fingerprint density at radius 3 is 1.69 bits per heavy atom. The zero-order chi connectivity index (χ0) is 9.10.